The van der Waals surface area contributed by atoms with Crippen LogP contribution in [0, 0.1) is 17.8 Å². The van der Waals surface area contributed by atoms with Crippen LogP contribution in [0.3, 0.4) is 0 Å². The lowest BCUT2D eigenvalue weighted by molar-refractivity contribution is -0.139. The summed E-state index contributed by atoms with van der Waals surface area (Å²) in [4.78, 5) is 25.5. The van der Waals surface area contributed by atoms with Crippen molar-refractivity contribution in [3.63, 3.8) is 0 Å². The Balaban J connectivity index is 2.28. The fraction of sp³-hybridized carbons (Fsp3) is 0.538. The summed E-state index contributed by atoms with van der Waals surface area (Å²) in [6, 6.07) is 0. The molecule has 2 amide bonds. The molecule has 16 heavy (non-hydrogen) atoms. The predicted octanol–water partition coefficient (Wildman–Crippen LogP) is 1.76. The molecule has 0 aromatic rings. The number of amides is 2. The van der Waals surface area contributed by atoms with Crippen molar-refractivity contribution in [1.29, 1.82) is 0 Å². The van der Waals surface area contributed by atoms with Crippen molar-refractivity contribution in [2.45, 2.75) is 19.8 Å². The topological polar surface area (TPSA) is 37.4 Å². The minimum Gasteiger partial charge on any atom is -0.278 e. The highest BCUT2D eigenvalue weighted by Gasteiger charge is 2.49. The standard InChI is InChI=1S/C13H17NO2/c1-3-8-14-12(15)10-7-5-6-9(4-2)11(10)13(14)16/h3,5-6,9-11H,1,4,7-8H2,2H3. The van der Waals surface area contributed by atoms with Crippen LogP contribution in [0.15, 0.2) is 24.8 Å². The highest BCUT2D eigenvalue weighted by molar-refractivity contribution is 6.05. The van der Waals surface area contributed by atoms with Gasteiger partial charge in [0.25, 0.3) is 0 Å². The Kier molecular flexibility index (Phi) is 2.95. The molecule has 2 rings (SSSR count). The minimum absolute atomic E-state index is 0.00824. The van der Waals surface area contributed by atoms with Crippen LogP contribution in [0.4, 0.5) is 0 Å². The van der Waals surface area contributed by atoms with Gasteiger partial charge in [0.05, 0.1) is 11.8 Å². The Morgan fingerprint density at radius 3 is 2.88 bits per heavy atom. The Labute approximate surface area is 95.8 Å². The van der Waals surface area contributed by atoms with Gasteiger partial charge in [0, 0.05) is 6.54 Å². The van der Waals surface area contributed by atoms with Gasteiger partial charge in [0.1, 0.15) is 0 Å². The first kappa shape index (κ1) is 11.1. The zero-order valence-corrected chi connectivity index (χ0v) is 9.56. The number of allylic oxidation sites excluding steroid dienone is 2. The summed E-state index contributed by atoms with van der Waals surface area (Å²) >= 11 is 0. The Hall–Kier alpha value is -1.38. The molecule has 0 spiro atoms. The number of hydrogen-bond donors (Lipinski definition) is 0. The third-order valence-electron chi connectivity index (χ3n) is 3.59. The highest BCUT2D eigenvalue weighted by atomic mass is 16.2. The van der Waals surface area contributed by atoms with Crippen LogP contribution >= 0.6 is 0 Å². The van der Waals surface area contributed by atoms with E-state index in [0.717, 1.165) is 6.42 Å². The Bertz CT molecular complexity index is 359. The Morgan fingerprint density at radius 1 is 1.50 bits per heavy atom. The lowest BCUT2D eigenvalue weighted by atomic mass is 9.76. The summed E-state index contributed by atoms with van der Waals surface area (Å²) in [7, 11) is 0. The van der Waals surface area contributed by atoms with E-state index in [-0.39, 0.29) is 29.6 Å². The van der Waals surface area contributed by atoms with Crippen molar-refractivity contribution in [3.8, 4) is 0 Å². The van der Waals surface area contributed by atoms with Gasteiger partial charge < -0.3 is 0 Å². The van der Waals surface area contributed by atoms with Gasteiger partial charge in [0.2, 0.25) is 11.8 Å². The molecule has 2 aliphatic rings. The summed E-state index contributed by atoms with van der Waals surface area (Å²) < 4.78 is 0. The lowest BCUT2D eigenvalue weighted by Gasteiger charge is -2.24. The van der Waals surface area contributed by atoms with E-state index in [1.807, 2.05) is 6.08 Å². The summed E-state index contributed by atoms with van der Waals surface area (Å²) in [6.07, 6.45) is 7.36. The molecule has 0 bridgehead atoms. The zero-order chi connectivity index (χ0) is 11.7. The number of carbonyl (C=O) groups excluding carboxylic acids is 2. The highest BCUT2D eigenvalue weighted by Crippen LogP contribution is 2.39. The van der Waals surface area contributed by atoms with E-state index in [9.17, 15) is 9.59 Å². The van der Waals surface area contributed by atoms with Gasteiger partial charge in [-0.05, 0) is 18.8 Å². The van der Waals surface area contributed by atoms with E-state index in [0.29, 0.717) is 13.0 Å². The number of likely N-dealkylation sites (tertiary alicyclic amines) is 1. The van der Waals surface area contributed by atoms with Crippen molar-refractivity contribution in [2.24, 2.45) is 17.8 Å². The average molecular weight is 219 g/mol. The number of nitrogens with zero attached hydrogens (tertiary/aromatic N) is 1. The molecule has 1 fully saturated rings. The van der Waals surface area contributed by atoms with Crippen molar-refractivity contribution in [2.75, 3.05) is 6.54 Å². The quantitative estimate of drug-likeness (QED) is 0.536. The average Bonchev–Trinajstić information content (AvgIpc) is 2.55. The second-order valence-corrected chi connectivity index (χ2v) is 4.44. The maximum atomic E-state index is 12.1. The number of imide groups is 1. The fourth-order valence-electron chi connectivity index (χ4n) is 2.76. The molecule has 1 aliphatic heterocycles. The van der Waals surface area contributed by atoms with Crippen LogP contribution in [0.2, 0.25) is 0 Å². The molecular weight excluding hydrogens is 202 g/mol. The molecule has 0 aromatic carbocycles. The van der Waals surface area contributed by atoms with E-state index in [1.54, 1.807) is 6.08 Å². The second kappa shape index (κ2) is 4.24. The van der Waals surface area contributed by atoms with E-state index < -0.39 is 0 Å². The van der Waals surface area contributed by atoms with Crippen LogP contribution in [0.1, 0.15) is 19.8 Å². The first-order valence-corrected chi connectivity index (χ1v) is 5.83. The van der Waals surface area contributed by atoms with E-state index >= 15 is 0 Å². The summed E-state index contributed by atoms with van der Waals surface area (Å²) in [5, 5.41) is 0. The zero-order valence-electron chi connectivity index (χ0n) is 9.56. The van der Waals surface area contributed by atoms with Crippen LogP contribution < -0.4 is 0 Å². The molecule has 0 aromatic heterocycles. The molecule has 3 heteroatoms. The lowest BCUT2D eigenvalue weighted by Crippen LogP contribution is -2.32. The normalized spacial score (nSPS) is 33.1. The molecule has 0 N–H and O–H groups in total. The summed E-state index contributed by atoms with van der Waals surface area (Å²) in [5.41, 5.74) is 0. The first-order valence-electron chi connectivity index (χ1n) is 5.83. The van der Waals surface area contributed by atoms with Crippen LogP contribution in [-0.4, -0.2) is 23.3 Å². The SMILES string of the molecule is C=CCN1C(=O)C2CC=CC(CC)C2C1=O. The van der Waals surface area contributed by atoms with Crippen molar-refractivity contribution in [3.05, 3.63) is 24.8 Å². The van der Waals surface area contributed by atoms with Gasteiger partial charge in [-0.15, -0.1) is 6.58 Å². The van der Waals surface area contributed by atoms with Crippen LogP contribution in [0.25, 0.3) is 0 Å². The van der Waals surface area contributed by atoms with Gasteiger partial charge in [-0.3, -0.25) is 14.5 Å². The molecule has 3 atom stereocenters. The maximum absolute atomic E-state index is 12.1. The third-order valence-corrected chi connectivity index (χ3v) is 3.59. The summed E-state index contributed by atoms with van der Waals surface area (Å²) in [6.45, 7) is 6.00. The summed E-state index contributed by atoms with van der Waals surface area (Å²) in [5.74, 6) is -0.0429. The van der Waals surface area contributed by atoms with Gasteiger partial charge >= 0.3 is 0 Å². The Morgan fingerprint density at radius 2 is 2.25 bits per heavy atom. The monoisotopic (exact) mass is 219 g/mol. The minimum atomic E-state index is -0.123. The molecule has 0 radical (unpaired) electrons. The molecule has 3 nitrogen and oxygen atoms in total. The first-order chi connectivity index (χ1) is 7.70. The van der Waals surface area contributed by atoms with E-state index in [1.165, 1.54) is 4.90 Å². The van der Waals surface area contributed by atoms with Gasteiger partial charge in [-0.25, -0.2) is 0 Å². The molecule has 1 saturated heterocycles. The number of carbonyl (C=O) groups is 2. The molecule has 1 aliphatic carbocycles. The van der Waals surface area contributed by atoms with Crippen LogP contribution in [0.5, 0.6) is 0 Å². The van der Waals surface area contributed by atoms with Crippen molar-refractivity contribution < 1.29 is 9.59 Å². The van der Waals surface area contributed by atoms with Gasteiger partial charge in [0.15, 0.2) is 0 Å². The van der Waals surface area contributed by atoms with Gasteiger partial charge in [-0.1, -0.05) is 25.2 Å². The van der Waals surface area contributed by atoms with Crippen molar-refractivity contribution >= 4 is 11.8 Å². The molecule has 86 valence electrons. The number of hydrogen-bond acceptors (Lipinski definition) is 2. The molecular formula is C13H17NO2. The largest absolute Gasteiger partial charge is 0.278 e. The van der Waals surface area contributed by atoms with Crippen LogP contribution in [-0.2, 0) is 9.59 Å². The molecule has 3 unspecified atom stereocenters. The second-order valence-electron chi connectivity index (χ2n) is 4.44. The van der Waals surface area contributed by atoms with Gasteiger partial charge in [-0.2, -0.15) is 0 Å². The smallest absolute Gasteiger partial charge is 0.233 e. The molecule has 0 saturated carbocycles. The third kappa shape index (κ3) is 1.51. The number of rotatable bonds is 3. The predicted molar refractivity (Wildman–Crippen MR) is 61.4 cm³/mol. The van der Waals surface area contributed by atoms with Crippen molar-refractivity contribution in [1.82, 2.24) is 4.90 Å². The molecule has 1 heterocycles. The maximum Gasteiger partial charge on any atom is 0.233 e. The van der Waals surface area contributed by atoms with E-state index in [4.69, 9.17) is 0 Å². The number of fused-ring (bicyclic) bond motifs is 1. The van der Waals surface area contributed by atoms with E-state index in [2.05, 4.69) is 19.6 Å². The fourth-order valence-corrected chi connectivity index (χ4v) is 2.76.